The first-order valence-electron chi connectivity index (χ1n) is 8.93. The molecule has 2 aromatic rings. The average molecular weight is 329 g/mol. The SMILES string of the molecule is CC(C)OCCCNC(=O)c1ccc2c(c1)nc1n2CC[C@H](C)C1. The summed E-state index contributed by atoms with van der Waals surface area (Å²) in [7, 11) is 0. The second-order valence-corrected chi connectivity index (χ2v) is 7.01. The quantitative estimate of drug-likeness (QED) is 0.828. The molecule has 0 fully saturated rings. The lowest BCUT2D eigenvalue weighted by atomic mass is 10.0. The predicted molar refractivity (Wildman–Crippen MR) is 95.3 cm³/mol. The van der Waals surface area contributed by atoms with Crippen molar-refractivity contribution in [3.8, 4) is 0 Å². The number of nitrogens with zero attached hydrogens (tertiary/aromatic N) is 2. The van der Waals surface area contributed by atoms with Crippen LogP contribution < -0.4 is 5.32 Å². The maximum atomic E-state index is 12.3. The molecule has 0 spiro atoms. The van der Waals surface area contributed by atoms with E-state index in [1.165, 1.54) is 6.42 Å². The summed E-state index contributed by atoms with van der Waals surface area (Å²) in [6.07, 6.45) is 3.27. The number of amides is 1. The Morgan fingerprint density at radius 1 is 1.46 bits per heavy atom. The molecule has 130 valence electrons. The molecule has 1 aliphatic heterocycles. The van der Waals surface area contributed by atoms with Gasteiger partial charge in [0.05, 0.1) is 17.1 Å². The third-order valence-electron chi connectivity index (χ3n) is 4.52. The van der Waals surface area contributed by atoms with E-state index in [-0.39, 0.29) is 12.0 Å². The molecular formula is C19H27N3O2. The van der Waals surface area contributed by atoms with E-state index in [4.69, 9.17) is 9.72 Å². The Kier molecular flexibility index (Phi) is 5.19. The van der Waals surface area contributed by atoms with Gasteiger partial charge in [-0.1, -0.05) is 6.92 Å². The van der Waals surface area contributed by atoms with E-state index in [2.05, 4.69) is 16.8 Å². The number of aryl methyl sites for hydroxylation is 1. The number of fused-ring (bicyclic) bond motifs is 3. The number of rotatable bonds is 6. The van der Waals surface area contributed by atoms with Crippen molar-refractivity contribution in [2.75, 3.05) is 13.2 Å². The molecule has 5 heteroatoms. The number of imidazole rings is 1. The number of ether oxygens (including phenoxy) is 1. The topological polar surface area (TPSA) is 56.1 Å². The smallest absolute Gasteiger partial charge is 0.251 e. The van der Waals surface area contributed by atoms with Gasteiger partial charge in [-0.25, -0.2) is 4.98 Å². The zero-order valence-corrected chi connectivity index (χ0v) is 14.8. The van der Waals surface area contributed by atoms with Crippen molar-refractivity contribution >= 4 is 16.9 Å². The number of hydrogen-bond acceptors (Lipinski definition) is 3. The molecule has 1 N–H and O–H groups in total. The second kappa shape index (κ2) is 7.34. The Morgan fingerprint density at radius 3 is 3.08 bits per heavy atom. The van der Waals surface area contributed by atoms with Gasteiger partial charge < -0.3 is 14.6 Å². The lowest BCUT2D eigenvalue weighted by Crippen LogP contribution is -2.25. The molecule has 0 saturated carbocycles. The maximum absolute atomic E-state index is 12.3. The van der Waals surface area contributed by atoms with Crippen molar-refractivity contribution in [1.82, 2.24) is 14.9 Å². The normalized spacial score (nSPS) is 17.2. The van der Waals surface area contributed by atoms with Gasteiger partial charge in [0, 0.05) is 31.7 Å². The van der Waals surface area contributed by atoms with Crippen LogP contribution in [0.1, 0.15) is 49.8 Å². The summed E-state index contributed by atoms with van der Waals surface area (Å²) < 4.78 is 7.77. The van der Waals surface area contributed by atoms with Gasteiger partial charge in [-0.3, -0.25) is 4.79 Å². The zero-order chi connectivity index (χ0) is 17.1. The molecule has 0 bridgehead atoms. The van der Waals surface area contributed by atoms with Gasteiger partial charge in [-0.05, 0) is 50.8 Å². The van der Waals surface area contributed by atoms with Crippen molar-refractivity contribution in [3.05, 3.63) is 29.6 Å². The molecule has 3 rings (SSSR count). The van der Waals surface area contributed by atoms with E-state index in [0.29, 0.717) is 24.6 Å². The van der Waals surface area contributed by atoms with Crippen LogP contribution in [0.4, 0.5) is 0 Å². The molecule has 1 aromatic heterocycles. The van der Waals surface area contributed by atoms with Crippen LogP contribution in [0.15, 0.2) is 18.2 Å². The van der Waals surface area contributed by atoms with Crippen LogP contribution in [0, 0.1) is 5.92 Å². The Labute approximate surface area is 143 Å². The van der Waals surface area contributed by atoms with Crippen LogP contribution >= 0.6 is 0 Å². The van der Waals surface area contributed by atoms with Crippen molar-refractivity contribution in [2.45, 2.75) is 52.7 Å². The van der Waals surface area contributed by atoms with Crippen LogP contribution in [0.3, 0.4) is 0 Å². The molecule has 1 amide bonds. The highest BCUT2D eigenvalue weighted by Crippen LogP contribution is 2.25. The number of nitrogens with one attached hydrogen (secondary N) is 1. The van der Waals surface area contributed by atoms with Crippen molar-refractivity contribution < 1.29 is 9.53 Å². The highest BCUT2D eigenvalue weighted by atomic mass is 16.5. The molecule has 5 nitrogen and oxygen atoms in total. The van der Waals surface area contributed by atoms with E-state index < -0.39 is 0 Å². The van der Waals surface area contributed by atoms with Crippen LogP contribution in [0.25, 0.3) is 11.0 Å². The number of benzene rings is 1. The molecule has 1 atom stereocenters. The minimum Gasteiger partial charge on any atom is -0.379 e. The van der Waals surface area contributed by atoms with E-state index >= 15 is 0 Å². The number of aromatic nitrogens is 2. The lowest BCUT2D eigenvalue weighted by molar-refractivity contribution is 0.0757. The summed E-state index contributed by atoms with van der Waals surface area (Å²) in [4.78, 5) is 17.0. The fourth-order valence-electron chi connectivity index (χ4n) is 3.18. The number of carbonyl (C=O) groups excluding carboxylic acids is 1. The summed E-state index contributed by atoms with van der Waals surface area (Å²) in [6, 6.07) is 5.83. The monoisotopic (exact) mass is 329 g/mol. The summed E-state index contributed by atoms with van der Waals surface area (Å²) >= 11 is 0. The molecule has 2 heterocycles. The molecular weight excluding hydrogens is 302 g/mol. The van der Waals surface area contributed by atoms with Crippen molar-refractivity contribution in [3.63, 3.8) is 0 Å². The van der Waals surface area contributed by atoms with Gasteiger partial charge in [0.1, 0.15) is 5.82 Å². The van der Waals surface area contributed by atoms with Crippen molar-refractivity contribution in [1.29, 1.82) is 0 Å². The highest BCUT2D eigenvalue weighted by molar-refractivity contribution is 5.97. The molecule has 0 radical (unpaired) electrons. The highest BCUT2D eigenvalue weighted by Gasteiger charge is 2.19. The van der Waals surface area contributed by atoms with E-state index in [0.717, 1.165) is 36.2 Å². The van der Waals surface area contributed by atoms with Gasteiger partial charge in [0.25, 0.3) is 5.91 Å². The number of carbonyl (C=O) groups is 1. The standard InChI is InChI=1S/C19H27N3O2/c1-13(2)24-10-4-8-20-19(23)15-5-6-17-16(12-15)21-18-11-14(3)7-9-22(17)18/h5-6,12-14H,4,7-11H2,1-3H3,(H,20,23)/t14-/m0/s1. The largest absolute Gasteiger partial charge is 0.379 e. The Hall–Kier alpha value is -1.88. The maximum Gasteiger partial charge on any atom is 0.251 e. The Morgan fingerprint density at radius 2 is 2.29 bits per heavy atom. The summed E-state index contributed by atoms with van der Waals surface area (Å²) in [5.74, 6) is 1.79. The molecule has 0 unspecified atom stereocenters. The summed E-state index contributed by atoms with van der Waals surface area (Å²) in [6.45, 7) is 8.61. The summed E-state index contributed by atoms with van der Waals surface area (Å²) in [5, 5.41) is 2.95. The average Bonchev–Trinajstić information content (AvgIpc) is 2.90. The third kappa shape index (κ3) is 3.78. The Bertz CT molecular complexity index is 721. The van der Waals surface area contributed by atoms with E-state index in [1.54, 1.807) is 0 Å². The Balaban J connectivity index is 1.64. The molecule has 1 aliphatic rings. The molecule has 1 aromatic carbocycles. The molecule has 0 aliphatic carbocycles. The number of hydrogen-bond donors (Lipinski definition) is 1. The fraction of sp³-hybridized carbons (Fsp3) is 0.579. The van der Waals surface area contributed by atoms with Crippen LogP contribution in [0.2, 0.25) is 0 Å². The van der Waals surface area contributed by atoms with Crippen LogP contribution in [-0.2, 0) is 17.7 Å². The van der Waals surface area contributed by atoms with Gasteiger partial charge >= 0.3 is 0 Å². The first-order chi connectivity index (χ1) is 11.5. The van der Waals surface area contributed by atoms with Crippen molar-refractivity contribution in [2.24, 2.45) is 5.92 Å². The lowest BCUT2D eigenvalue weighted by Gasteiger charge is -2.19. The molecule has 24 heavy (non-hydrogen) atoms. The minimum absolute atomic E-state index is 0.0409. The van der Waals surface area contributed by atoms with Crippen LogP contribution in [0.5, 0.6) is 0 Å². The second-order valence-electron chi connectivity index (χ2n) is 7.01. The fourth-order valence-corrected chi connectivity index (χ4v) is 3.18. The van der Waals surface area contributed by atoms with Gasteiger partial charge in [0.15, 0.2) is 0 Å². The van der Waals surface area contributed by atoms with Gasteiger partial charge in [-0.15, -0.1) is 0 Å². The van der Waals surface area contributed by atoms with Crippen LogP contribution in [-0.4, -0.2) is 34.7 Å². The van der Waals surface area contributed by atoms with E-state index in [9.17, 15) is 4.79 Å². The predicted octanol–water partition coefficient (Wildman–Crippen LogP) is 3.16. The first-order valence-corrected chi connectivity index (χ1v) is 8.93. The van der Waals surface area contributed by atoms with Gasteiger partial charge in [-0.2, -0.15) is 0 Å². The van der Waals surface area contributed by atoms with E-state index in [1.807, 2.05) is 32.0 Å². The molecule has 0 saturated heterocycles. The zero-order valence-electron chi connectivity index (χ0n) is 14.8. The summed E-state index contributed by atoms with van der Waals surface area (Å²) in [5.41, 5.74) is 2.74. The third-order valence-corrected chi connectivity index (χ3v) is 4.52. The first kappa shape index (κ1) is 17.0. The van der Waals surface area contributed by atoms with Gasteiger partial charge in [0.2, 0.25) is 0 Å². The minimum atomic E-state index is -0.0409.